The number of benzene rings is 3. The van der Waals surface area contributed by atoms with E-state index in [4.69, 9.17) is 26.6 Å². The molecule has 4 heterocycles. The zero-order valence-electron chi connectivity index (χ0n) is 26.9. The minimum atomic E-state index is -0.990. The van der Waals surface area contributed by atoms with Crippen molar-refractivity contribution >= 4 is 27.5 Å². The van der Waals surface area contributed by atoms with E-state index >= 15 is 4.39 Å². The normalized spacial score (nSPS) is 24.5. The molecule has 0 unspecified atom stereocenters. The number of phenolic OH excluding ortho intramolecular Hbond substituents is 1. The van der Waals surface area contributed by atoms with E-state index < -0.39 is 17.8 Å². The number of nitrogens with zero attached hydrogens (tertiary/aromatic N) is 3. The van der Waals surface area contributed by atoms with Crippen LogP contribution >= 0.6 is 0 Å². The van der Waals surface area contributed by atoms with Gasteiger partial charge in [0, 0.05) is 47.4 Å². The molecule has 7 rings (SSSR count). The summed E-state index contributed by atoms with van der Waals surface area (Å²) in [6.07, 6.45) is 8.27. The van der Waals surface area contributed by atoms with Gasteiger partial charge in [0.15, 0.2) is 5.82 Å². The Morgan fingerprint density at radius 1 is 1.17 bits per heavy atom. The van der Waals surface area contributed by atoms with Crippen LogP contribution in [0.3, 0.4) is 0 Å². The lowest BCUT2D eigenvalue weighted by Crippen LogP contribution is -2.50. The number of nitrogens with two attached hydrogens (primary N) is 1. The minimum absolute atomic E-state index is 0.00456. The van der Waals surface area contributed by atoms with Crippen molar-refractivity contribution < 1.29 is 27.8 Å². The molecule has 48 heavy (non-hydrogen) atoms. The van der Waals surface area contributed by atoms with Gasteiger partial charge in [0.25, 0.3) is 0 Å². The maximum absolute atomic E-state index is 16.9. The molecule has 4 N–H and O–H groups in total. The van der Waals surface area contributed by atoms with Gasteiger partial charge in [0.1, 0.15) is 29.1 Å². The molecule has 4 aromatic rings. The highest BCUT2D eigenvalue weighted by molar-refractivity contribution is 6.04. The van der Waals surface area contributed by atoms with E-state index in [0.29, 0.717) is 54.6 Å². The van der Waals surface area contributed by atoms with Crippen LogP contribution in [0.1, 0.15) is 44.6 Å². The van der Waals surface area contributed by atoms with E-state index in [1.165, 1.54) is 24.3 Å². The number of rotatable bonds is 5. The van der Waals surface area contributed by atoms with Gasteiger partial charge in [-0.15, -0.1) is 6.42 Å². The van der Waals surface area contributed by atoms with Crippen molar-refractivity contribution in [2.45, 2.75) is 57.3 Å². The number of ether oxygens (including phenoxy) is 2. The first-order valence-corrected chi connectivity index (χ1v) is 16.7. The molecule has 0 bridgehead atoms. The van der Waals surface area contributed by atoms with Crippen LogP contribution in [-0.4, -0.2) is 72.8 Å². The Kier molecular flexibility index (Phi) is 8.83. The van der Waals surface area contributed by atoms with Crippen LogP contribution < -0.4 is 20.7 Å². The first-order valence-electron chi connectivity index (χ1n) is 16.7. The number of anilines is 1. The highest BCUT2D eigenvalue weighted by Gasteiger charge is 2.47. The maximum Gasteiger partial charge on any atom is 0.319 e. The summed E-state index contributed by atoms with van der Waals surface area (Å²) in [5, 5.41) is 14.9. The van der Waals surface area contributed by atoms with Crippen molar-refractivity contribution in [3.05, 3.63) is 53.6 Å². The van der Waals surface area contributed by atoms with Crippen LogP contribution in [0, 0.1) is 35.3 Å². The van der Waals surface area contributed by atoms with Gasteiger partial charge in [0.05, 0.1) is 24.9 Å². The van der Waals surface area contributed by atoms with Crippen LogP contribution in [-0.2, 0) is 4.74 Å². The van der Waals surface area contributed by atoms with E-state index in [0.717, 1.165) is 32.2 Å². The van der Waals surface area contributed by atoms with Crippen molar-refractivity contribution in [1.29, 1.82) is 0 Å². The topological polar surface area (TPSA) is 106 Å². The van der Waals surface area contributed by atoms with Crippen LogP contribution in [0.15, 0.2) is 36.4 Å². The number of phenols is 1. The molecule has 8 nitrogen and oxygen atoms in total. The smallest absolute Gasteiger partial charge is 0.319 e. The molecule has 3 saturated heterocycles. The first kappa shape index (κ1) is 32.4. The van der Waals surface area contributed by atoms with Gasteiger partial charge >= 0.3 is 6.01 Å². The van der Waals surface area contributed by atoms with Gasteiger partial charge in [-0.2, -0.15) is 9.97 Å². The number of aromatic hydroxyl groups is 1. The molecule has 3 aromatic carbocycles. The third-order valence-corrected chi connectivity index (χ3v) is 10.5. The summed E-state index contributed by atoms with van der Waals surface area (Å²) in [5.74, 6) is 1.45. The van der Waals surface area contributed by atoms with Gasteiger partial charge in [-0.3, -0.25) is 0 Å². The quantitative estimate of drug-likeness (QED) is 0.229. The van der Waals surface area contributed by atoms with Crippen molar-refractivity contribution in [1.82, 2.24) is 15.3 Å². The third-order valence-electron chi connectivity index (χ3n) is 10.5. The SMILES string of the molecule is C#Cc1c(F)ccc2cc(O)cc(-c3ccc4c(N5CCC6(CC5)CO[C@@H](C)[C@H]6N)nc(OC[C@@H]5CCCNC[C@H](F)C5)nc4c3F)c12. The number of alkyl halides is 1. The summed E-state index contributed by atoms with van der Waals surface area (Å²) in [7, 11) is 0. The summed E-state index contributed by atoms with van der Waals surface area (Å²) in [6, 6.07) is 8.81. The van der Waals surface area contributed by atoms with Crippen molar-refractivity contribution in [2.75, 3.05) is 44.3 Å². The number of hydrogen-bond donors (Lipinski definition) is 3. The Balaban J connectivity index is 1.31. The summed E-state index contributed by atoms with van der Waals surface area (Å²) in [4.78, 5) is 11.5. The molecule has 1 spiro atoms. The molecule has 0 radical (unpaired) electrons. The fourth-order valence-corrected chi connectivity index (χ4v) is 7.74. The standard InChI is InChI=1S/C37H40F3N5O3/c1-3-26-30(39)9-6-23-16-25(46)17-29(31(23)26)27-7-8-28-33(32(27)40)43-36(47-19-22-5-4-12-42-18-24(38)15-22)44-35(28)45-13-10-37(11-14-45)20-48-21(2)34(37)41/h1,6-9,16-17,21-22,24,34,42,46H,4-5,10-15,18-20,41H2,2H3/t21-,22+,24+,34+/m0/s1. The van der Waals surface area contributed by atoms with Gasteiger partial charge < -0.3 is 30.5 Å². The number of halogens is 3. The van der Waals surface area contributed by atoms with E-state index in [-0.39, 0.29) is 64.1 Å². The van der Waals surface area contributed by atoms with Crippen molar-refractivity contribution in [3.8, 4) is 35.2 Å². The number of nitrogens with one attached hydrogen (secondary N) is 1. The molecule has 0 aliphatic carbocycles. The molecular formula is C37H40F3N5O3. The highest BCUT2D eigenvalue weighted by atomic mass is 19.1. The summed E-state index contributed by atoms with van der Waals surface area (Å²) in [5.41, 5.74) is 6.76. The predicted molar refractivity (Wildman–Crippen MR) is 180 cm³/mol. The molecule has 0 saturated carbocycles. The fourth-order valence-electron chi connectivity index (χ4n) is 7.74. The zero-order valence-corrected chi connectivity index (χ0v) is 26.9. The van der Waals surface area contributed by atoms with Gasteiger partial charge in [0.2, 0.25) is 0 Å². The number of aromatic nitrogens is 2. The van der Waals surface area contributed by atoms with E-state index in [1.54, 1.807) is 12.1 Å². The van der Waals surface area contributed by atoms with E-state index in [1.807, 2.05) is 6.92 Å². The minimum Gasteiger partial charge on any atom is -0.508 e. The number of terminal acetylenes is 1. The molecule has 4 atom stereocenters. The predicted octanol–water partition coefficient (Wildman–Crippen LogP) is 5.85. The Morgan fingerprint density at radius 3 is 2.73 bits per heavy atom. The van der Waals surface area contributed by atoms with Crippen LogP contribution in [0.2, 0.25) is 0 Å². The second-order valence-corrected chi connectivity index (χ2v) is 13.6. The maximum atomic E-state index is 16.9. The van der Waals surface area contributed by atoms with Crippen LogP contribution in [0.4, 0.5) is 19.0 Å². The second-order valence-electron chi connectivity index (χ2n) is 13.6. The van der Waals surface area contributed by atoms with Crippen molar-refractivity contribution in [3.63, 3.8) is 0 Å². The van der Waals surface area contributed by atoms with Crippen LogP contribution in [0.5, 0.6) is 11.8 Å². The molecule has 3 fully saturated rings. The van der Waals surface area contributed by atoms with Gasteiger partial charge in [-0.25, -0.2) is 13.2 Å². The lowest BCUT2D eigenvalue weighted by molar-refractivity contribution is 0.0974. The molecule has 3 aliphatic rings. The van der Waals surface area contributed by atoms with Crippen LogP contribution in [0.25, 0.3) is 32.8 Å². The van der Waals surface area contributed by atoms with E-state index in [2.05, 4.69) is 21.1 Å². The second kappa shape index (κ2) is 13.1. The highest BCUT2D eigenvalue weighted by Crippen LogP contribution is 2.44. The molecule has 1 aromatic heterocycles. The summed E-state index contributed by atoms with van der Waals surface area (Å²) < 4.78 is 58.3. The summed E-state index contributed by atoms with van der Waals surface area (Å²) in [6.45, 7) is 5.09. The fraction of sp³-hybridized carbons (Fsp3) is 0.459. The Morgan fingerprint density at radius 2 is 1.98 bits per heavy atom. The lowest BCUT2D eigenvalue weighted by Gasteiger charge is -2.41. The first-order chi connectivity index (χ1) is 23.2. The third kappa shape index (κ3) is 5.91. The Hall–Kier alpha value is -4.11. The molecular weight excluding hydrogens is 619 g/mol. The van der Waals surface area contributed by atoms with Crippen molar-refractivity contribution in [2.24, 2.45) is 17.1 Å². The molecule has 11 heteroatoms. The zero-order chi connectivity index (χ0) is 33.6. The monoisotopic (exact) mass is 659 g/mol. The lowest BCUT2D eigenvalue weighted by atomic mass is 9.73. The Bertz CT molecular complexity index is 1890. The average molecular weight is 660 g/mol. The number of piperidine rings is 1. The number of hydrogen-bond acceptors (Lipinski definition) is 8. The molecule has 252 valence electrons. The largest absolute Gasteiger partial charge is 0.508 e. The van der Waals surface area contributed by atoms with E-state index in [9.17, 15) is 13.9 Å². The Labute approximate surface area is 277 Å². The summed E-state index contributed by atoms with van der Waals surface area (Å²) >= 11 is 0. The molecule has 0 amide bonds. The van der Waals surface area contributed by atoms with Gasteiger partial charge in [-0.1, -0.05) is 18.1 Å². The van der Waals surface area contributed by atoms with Gasteiger partial charge in [-0.05, 0) is 86.7 Å². The average Bonchev–Trinajstić information content (AvgIpc) is 3.34. The molecule has 3 aliphatic heterocycles. The number of fused-ring (bicyclic) bond motifs is 2.